The second kappa shape index (κ2) is 6.50. The highest BCUT2D eigenvalue weighted by atomic mass is 79.9. The Labute approximate surface area is 156 Å². The minimum atomic E-state index is -0.499. The molecule has 6 heteroatoms. The zero-order valence-electron chi connectivity index (χ0n) is 14.3. The van der Waals surface area contributed by atoms with E-state index in [0.29, 0.717) is 19.7 Å². The molecule has 132 valence electrons. The third-order valence-corrected chi connectivity index (χ3v) is 5.30. The predicted molar refractivity (Wildman–Crippen MR) is 97.5 cm³/mol. The highest BCUT2D eigenvalue weighted by Crippen LogP contribution is 2.45. The summed E-state index contributed by atoms with van der Waals surface area (Å²) < 4.78 is 12.7. The van der Waals surface area contributed by atoms with Crippen molar-refractivity contribution in [2.45, 2.75) is 51.2 Å². The van der Waals surface area contributed by atoms with Gasteiger partial charge in [-0.15, -0.1) is 0 Å². The summed E-state index contributed by atoms with van der Waals surface area (Å²) in [7, 11) is 0. The van der Waals surface area contributed by atoms with E-state index in [-0.39, 0.29) is 6.09 Å². The molecule has 0 radical (unpaired) electrons. The second-order valence-corrected chi connectivity index (χ2v) is 8.81. The number of morpholine rings is 1. The summed E-state index contributed by atoms with van der Waals surface area (Å²) >= 11 is 9.86. The monoisotopic (exact) mass is 415 g/mol. The first-order valence-corrected chi connectivity index (χ1v) is 9.48. The number of amides is 1. The summed E-state index contributed by atoms with van der Waals surface area (Å²) in [5.41, 5.74) is 1.35. The largest absolute Gasteiger partial charge is 0.444 e. The van der Waals surface area contributed by atoms with Crippen LogP contribution in [0.2, 0.25) is 5.02 Å². The molecule has 1 aliphatic carbocycles. The maximum atomic E-state index is 12.5. The van der Waals surface area contributed by atoms with Crippen molar-refractivity contribution in [2.75, 3.05) is 19.7 Å². The van der Waals surface area contributed by atoms with Gasteiger partial charge < -0.3 is 14.4 Å². The summed E-state index contributed by atoms with van der Waals surface area (Å²) in [6.45, 7) is 7.22. The average molecular weight is 417 g/mol. The summed E-state index contributed by atoms with van der Waals surface area (Å²) in [5.74, 6) is 0. The number of carbonyl (C=O) groups excluding carboxylic acids is 1. The molecule has 1 amide bonds. The van der Waals surface area contributed by atoms with Crippen molar-refractivity contribution < 1.29 is 14.3 Å². The number of hydrogen-bond acceptors (Lipinski definition) is 3. The molecule has 1 aromatic carbocycles. The Bertz CT molecular complexity index is 658. The Morgan fingerprint density at radius 2 is 2.17 bits per heavy atom. The van der Waals surface area contributed by atoms with Crippen LogP contribution in [0.5, 0.6) is 0 Å². The van der Waals surface area contributed by atoms with Crippen LogP contribution in [0.3, 0.4) is 0 Å². The third kappa shape index (κ3) is 3.58. The fraction of sp³-hybridized carbons (Fsp3) is 0.611. The van der Waals surface area contributed by atoms with Crippen LogP contribution in [0.4, 0.5) is 4.79 Å². The van der Waals surface area contributed by atoms with Crippen LogP contribution in [0.1, 0.15) is 44.7 Å². The van der Waals surface area contributed by atoms with E-state index in [2.05, 4.69) is 15.9 Å². The Morgan fingerprint density at radius 3 is 2.88 bits per heavy atom. The van der Waals surface area contributed by atoms with E-state index in [4.69, 9.17) is 21.1 Å². The third-order valence-electron chi connectivity index (χ3n) is 4.46. The number of fused-ring (bicyclic) bond motifs is 2. The van der Waals surface area contributed by atoms with Gasteiger partial charge in [0.15, 0.2) is 0 Å². The number of halogens is 2. The minimum absolute atomic E-state index is 0.276. The molecule has 0 bridgehead atoms. The molecule has 1 atom stereocenters. The molecule has 3 rings (SSSR count). The SMILES string of the molecule is CC(C)(C)OC(=O)N1CCOC2(CCCc3cc(Cl)cc(Br)c32)C1. The summed E-state index contributed by atoms with van der Waals surface area (Å²) in [6, 6.07) is 3.92. The normalized spacial score (nSPS) is 24.0. The van der Waals surface area contributed by atoms with Gasteiger partial charge in [-0.05, 0) is 57.7 Å². The lowest BCUT2D eigenvalue weighted by atomic mass is 9.78. The van der Waals surface area contributed by atoms with E-state index in [1.54, 1.807) is 4.90 Å². The smallest absolute Gasteiger partial charge is 0.410 e. The van der Waals surface area contributed by atoms with Crippen LogP contribution in [0.25, 0.3) is 0 Å². The molecule has 1 aliphatic heterocycles. The number of nitrogens with zero attached hydrogens (tertiary/aromatic N) is 1. The molecule has 1 fully saturated rings. The molecule has 0 saturated carbocycles. The highest BCUT2D eigenvalue weighted by molar-refractivity contribution is 9.10. The van der Waals surface area contributed by atoms with E-state index in [1.807, 2.05) is 32.9 Å². The number of benzene rings is 1. The maximum absolute atomic E-state index is 12.5. The van der Waals surface area contributed by atoms with Crippen LogP contribution in [-0.2, 0) is 21.5 Å². The van der Waals surface area contributed by atoms with Crippen LogP contribution >= 0.6 is 27.5 Å². The first-order chi connectivity index (χ1) is 11.2. The minimum Gasteiger partial charge on any atom is -0.444 e. The van der Waals surface area contributed by atoms with Crippen LogP contribution in [-0.4, -0.2) is 36.3 Å². The predicted octanol–water partition coefficient (Wildman–Crippen LogP) is 4.90. The molecular formula is C18H23BrClNO3. The van der Waals surface area contributed by atoms with E-state index in [1.165, 1.54) is 5.56 Å². The van der Waals surface area contributed by atoms with Crippen LogP contribution < -0.4 is 0 Å². The maximum Gasteiger partial charge on any atom is 0.410 e. The second-order valence-electron chi connectivity index (χ2n) is 7.52. The van der Waals surface area contributed by atoms with E-state index >= 15 is 0 Å². The molecule has 0 N–H and O–H groups in total. The van der Waals surface area contributed by atoms with E-state index in [9.17, 15) is 4.79 Å². The first kappa shape index (κ1) is 18.0. The van der Waals surface area contributed by atoms with Crippen molar-refractivity contribution >= 4 is 33.6 Å². The Morgan fingerprint density at radius 1 is 1.42 bits per heavy atom. The fourth-order valence-electron chi connectivity index (χ4n) is 3.59. The molecule has 1 unspecified atom stereocenters. The molecule has 0 aromatic heterocycles. The lowest BCUT2D eigenvalue weighted by Crippen LogP contribution is -2.54. The summed E-state index contributed by atoms with van der Waals surface area (Å²) in [6.07, 6.45) is 2.61. The number of rotatable bonds is 0. The zero-order valence-corrected chi connectivity index (χ0v) is 16.7. The number of aryl methyl sites for hydroxylation is 1. The standard InChI is InChI=1S/C18H23BrClNO3/c1-17(2,3)24-16(22)21-7-8-23-18(11-21)6-4-5-12-9-13(20)10-14(19)15(12)18/h9-10H,4-8,11H2,1-3H3. The van der Waals surface area contributed by atoms with Gasteiger partial charge in [-0.3, -0.25) is 0 Å². The van der Waals surface area contributed by atoms with Gasteiger partial charge in [-0.2, -0.15) is 0 Å². The summed E-state index contributed by atoms with van der Waals surface area (Å²) in [5, 5.41) is 0.720. The molecule has 1 aromatic rings. The lowest BCUT2D eigenvalue weighted by molar-refractivity contribution is -0.122. The molecule has 4 nitrogen and oxygen atoms in total. The number of carbonyl (C=O) groups is 1. The highest BCUT2D eigenvalue weighted by Gasteiger charge is 2.44. The van der Waals surface area contributed by atoms with Gasteiger partial charge in [0.25, 0.3) is 0 Å². The fourth-order valence-corrected chi connectivity index (χ4v) is 4.83. The van der Waals surface area contributed by atoms with Crippen LogP contribution in [0.15, 0.2) is 16.6 Å². The first-order valence-electron chi connectivity index (χ1n) is 8.30. The molecule has 24 heavy (non-hydrogen) atoms. The van der Waals surface area contributed by atoms with Crippen LogP contribution in [0, 0.1) is 0 Å². The van der Waals surface area contributed by atoms with Gasteiger partial charge in [0.1, 0.15) is 11.2 Å². The van der Waals surface area contributed by atoms with Crippen molar-refractivity contribution in [2.24, 2.45) is 0 Å². The van der Waals surface area contributed by atoms with Crippen molar-refractivity contribution in [1.29, 1.82) is 0 Å². The quantitative estimate of drug-likeness (QED) is 0.604. The van der Waals surface area contributed by atoms with Gasteiger partial charge in [0.05, 0.1) is 13.2 Å². The van der Waals surface area contributed by atoms with E-state index in [0.717, 1.165) is 34.3 Å². The topological polar surface area (TPSA) is 38.8 Å². The Hall–Kier alpha value is -0.780. The van der Waals surface area contributed by atoms with Crippen molar-refractivity contribution in [1.82, 2.24) is 4.90 Å². The molecular weight excluding hydrogens is 394 g/mol. The average Bonchev–Trinajstić information content (AvgIpc) is 2.45. The van der Waals surface area contributed by atoms with Gasteiger partial charge in [0, 0.05) is 21.6 Å². The molecule has 1 spiro atoms. The van der Waals surface area contributed by atoms with Gasteiger partial charge >= 0.3 is 6.09 Å². The Kier molecular flexibility index (Phi) is 4.89. The number of hydrogen-bond donors (Lipinski definition) is 0. The van der Waals surface area contributed by atoms with Gasteiger partial charge in [0.2, 0.25) is 0 Å². The van der Waals surface area contributed by atoms with Crippen molar-refractivity contribution in [3.8, 4) is 0 Å². The number of ether oxygens (including phenoxy) is 2. The lowest BCUT2D eigenvalue weighted by Gasteiger charge is -2.46. The Balaban J connectivity index is 1.91. The summed E-state index contributed by atoms with van der Waals surface area (Å²) in [4.78, 5) is 14.3. The van der Waals surface area contributed by atoms with Gasteiger partial charge in [-0.25, -0.2) is 4.79 Å². The molecule has 2 aliphatic rings. The van der Waals surface area contributed by atoms with Crippen molar-refractivity contribution in [3.05, 3.63) is 32.8 Å². The zero-order chi connectivity index (χ0) is 17.5. The van der Waals surface area contributed by atoms with Gasteiger partial charge in [-0.1, -0.05) is 27.5 Å². The molecule has 1 heterocycles. The van der Waals surface area contributed by atoms with Crippen molar-refractivity contribution in [3.63, 3.8) is 0 Å². The van der Waals surface area contributed by atoms with E-state index < -0.39 is 11.2 Å². The molecule has 1 saturated heterocycles.